The number of hydrogen-bond donors (Lipinski definition) is 1. The van der Waals surface area contributed by atoms with Crippen LogP contribution >= 0.6 is 22.6 Å². The molecule has 2 aromatic rings. The van der Waals surface area contributed by atoms with E-state index < -0.39 is 40.7 Å². The van der Waals surface area contributed by atoms with Gasteiger partial charge in [-0.15, -0.1) is 10.1 Å². The molecule has 0 amide bonds. The van der Waals surface area contributed by atoms with Gasteiger partial charge in [0.2, 0.25) is 0 Å². The molecule has 3 rings (SSSR count). The van der Waals surface area contributed by atoms with Gasteiger partial charge in [0.15, 0.2) is 0 Å². The van der Waals surface area contributed by atoms with Gasteiger partial charge in [0.05, 0.1) is 9.13 Å². The van der Waals surface area contributed by atoms with Crippen LogP contribution in [0.5, 0.6) is 0 Å². The van der Waals surface area contributed by atoms with E-state index in [1.165, 1.54) is 6.20 Å². The SMILES string of the molecule is O=C(OC[C@H]1O[C@@H](n2cc(I)c(=O)[nH]c2=O)C[C@@H]1O[N+](=O)[O-])c1ccccc1. The Morgan fingerprint density at radius 1 is 1.36 bits per heavy atom. The lowest BCUT2D eigenvalue weighted by molar-refractivity contribution is -0.769. The molecule has 0 bridgehead atoms. The molecule has 11 nitrogen and oxygen atoms in total. The Morgan fingerprint density at radius 3 is 2.75 bits per heavy atom. The van der Waals surface area contributed by atoms with Crippen LogP contribution in [0.2, 0.25) is 0 Å². The first kappa shape index (κ1) is 20.0. The Balaban J connectivity index is 1.75. The fourth-order valence-electron chi connectivity index (χ4n) is 2.73. The van der Waals surface area contributed by atoms with Crippen LogP contribution in [0.1, 0.15) is 23.0 Å². The molecule has 0 radical (unpaired) electrons. The van der Waals surface area contributed by atoms with E-state index in [1.54, 1.807) is 52.9 Å². The van der Waals surface area contributed by atoms with Crippen molar-refractivity contribution in [2.75, 3.05) is 6.61 Å². The Kier molecular flexibility index (Phi) is 6.08. The lowest BCUT2D eigenvalue weighted by atomic mass is 10.2. The number of rotatable bonds is 6. The van der Waals surface area contributed by atoms with E-state index in [0.29, 0.717) is 5.56 Å². The van der Waals surface area contributed by atoms with Crippen molar-refractivity contribution < 1.29 is 24.2 Å². The third-order valence-corrected chi connectivity index (χ3v) is 4.79. The van der Waals surface area contributed by atoms with Gasteiger partial charge < -0.3 is 14.3 Å². The van der Waals surface area contributed by atoms with Crippen LogP contribution in [0.25, 0.3) is 0 Å². The van der Waals surface area contributed by atoms with Crippen LogP contribution in [0.3, 0.4) is 0 Å². The molecule has 0 spiro atoms. The average Bonchev–Trinajstić information content (AvgIpc) is 3.05. The second-order valence-electron chi connectivity index (χ2n) is 5.84. The van der Waals surface area contributed by atoms with Crippen molar-refractivity contribution >= 4 is 28.6 Å². The molecule has 0 aliphatic carbocycles. The average molecular weight is 503 g/mol. The van der Waals surface area contributed by atoms with Gasteiger partial charge in [-0.1, -0.05) is 18.2 Å². The molecule has 1 saturated heterocycles. The minimum absolute atomic E-state index is 0.0451. The van der Waals surface area contributed by atoms with Gasteiger partial charge in [0.25, 0.3) is 10.6 Å². The number of H-pyrrole nitrogens is 1. The highest BCUT2D eigenvalue weighted by Crippen LogP contribution is 2.30. The molecule has 28 heavy (non-hydrogen) atoms. The number of ether oxygens (including phenoxy) is 2. The molecule has 148 valence electrons. The number of hydrogen-bond acceptors (Lipinski definition) is 8. The van der Waals surface area contributed by atoms with Crippen molar-refractivity contribution in [2.45, 2.75) is 24.9 Å². The molecule has 0 unspecified atom stereocenters. The lowest BCUT2D eigenvalue weighted by Gasteiger charge is -2.17. The number of carbonyl (C=O) groups excluding carboxylic acids is 1. The lowest BCUT2D eigenvalue weighted by Crippen LogP contribution is -2.34. The predicted octanol–water partition coefficient (Wildman–Crippen LogP) is 0.863. The summed E-state index contributed by atoms with van der Waals surface area (Å²) in [5.74, 6) is -0.622. The minimum Gasteiger partial charge on any atom is -0.459 e. The van der Waals surface area contributed by atoms with Crippen molar-refractivity contribution in [2.24, 2.45) is 0 Å². The molecule has 2 heterocycles. The van der Waals surface area contributed by atoms with Gasteiger partial charge in [0.1, 0.15) is 25.0 Å². The summed E-state index contributed by atoms with van der Waals surface area (Å²) in [5.41, 5.74) is -0.960. The largest absolute Gasteiger partial charge is 0.459 e. The summed E-state index contributed by atoms with van der Waals surface area (Å²) in [4.78, 5) is 53.1. The van der Waals surface area contributed by atoms with Crippen LogP contribution in [-0.4, -0.2) is 39.4 Å². The van der Waals surface area contributed by atoms with E-state index in [2.05, 4.69) is 9.82 Å². The molecule has 1 aromatic heterocycles. The summed E-state index contributed by atoms with van der Waals surface area (Å²) in [7, 11) is 0. The van der Waals surface area contributed by atoms with Crippen molar-refractivity contribution in [1.29, 1.82) is 0 Å². The van der Waals surface area contributed by atoms with E-state index >= 15 is 0 Å². The topological polar surface area (TPSA) is 143 Å². The summed E-state index contributed by atoms with van der Waals surface area (Å²) in [6, 6.07) is 8.20. The number of esters is 1. The molecule has 1 aromatic carbocycles. The molecule has 12 heteroatoms. The molecular formula is C16H14IN3O8. The van der Waals surface area contributed by atoms with Crippen LogP contribution in [-0.2, 0) is 14.3 Å². The van der Waals surface area contributed by atoms with Crippen molar-refractivity contribution in [1.82, 2.24) is 9.55 Å². The molecule has 3 atom stereocenters. The van der Waals surface area contributed by atoms with Crippen molar-refractivity contribution in [3.05, 3.63) is 76.6 Å². The Labute approximate surface area is 170 Å². The van der Waals surface area contributed by atoms with Gasteiger partial charge in [-0.25, -0.2) is 9.59 Å². The number of carbonyl (C=O) groups is 1. The van der Waals surface area contributed by atoms with E-state index in [9.17, 15) is 24.5 Å². The van der Waals surface area contributed by atoms with Crippen molar-refractivity contribution in [3.8, 4) is 0 Å². The van der Waals surface area contributed by atoms with Gasteiger partial charge in [-0.05, 0) is 34.7 Å². The van der Waals surface area contributed by atoms with E-state index in [-0.39, 0.29) is 16.6 Å². The Bertz CT molecular complexity index is 989. The standard InChI is InChI=1S/C16H14IN3O8/c17-10-7-19(16(23)18-14(10)21)13-6-11(28-20(24)25)12(27-13)8-26-15(22)9-4-2-1-3-5-9/h1-5,7,11-13H,6,8H2,(H,18,21,23)/t11-,12+,13+/m0/s1. The highest BCUT2D eigenvalue weighted by molar-refractivity contribution is 14.1. The maximum Gasteiger partial charge on any atom is 0.338 e. The first-order chi connectivity index (χ1) is 13.3. The van der Waals surface area contributed by atoms with E-state index in [0.717, 1.165) is 4.57 Å². The van der Waals surface area contributed by atoms with Gasteiger partial charge >= 0.3 is 11.7 Å². The summed E-state index contributed by atoms with van der Waals surface area (Å²) < 4.78 is 12.2. The number of benzene rings is 1. The second-order valence-corrected chi connectivity index (χ2v) is 7.00. The minimum atomic E-state index is -1.06. The van der Waals surface area contributed by atoms with Crippen LogP contribution in [0.15, 0.2) is 46.1 Å². The zero-order valence-electron chi connectivity index (χ0n) is 14.1. The summed E-state index contributed by atoms with van der Waals surface area (Å²) in [5, 5.41) is 9.80. The monoisotopic (exact) mass is 503 g/mol. The number of aromatic amines is 1. The first-order valence-corrected chi connectivity index (χ1v) is 9.13. The highest BCUT2D eigenvalue weighted by atomic mass is 127. The smallest absolute Gasteiger partial charge is 0.338 e. The maximum atomic E-state index is 12.1. The van der Waals surface area contributed by atoms with Crippen molar-refractivity contribution in [3.63, 3.8) is 0 Å². The quantitative estimate of drug-likeness (QED) is 0.265. The number of nitrogens with zero attached hydrogens (tertiary/aromatic N) is 2. The van der Waals surface area contributed by atoms with Crippen LogP contribution < -0.4 is 11.2 Å². The van der Waals surface area contributed by atoms with Crippen LogP contribution in [0, 0.1) is 13.7 Å². The fraction of sp³-hybridized carbons (Fsp3) is 0.312. The van der Waals surface area contributed by atoms with E-state index in [1.807, 2.05) is 0 Å². The third kappa shape index (κ3) is 4.56. The maximum absolute atomic E-state index is 12.1. The molecular weight excluding hydrogens is 489 g/mol. The Morgan fingerprint density at radius 2 is 2.07 bits per heavy atom. The first-order valence-electron chi connectivity index (χ1n) is 8.05. The van der Waals surface area contributed by atoms with Gasteiger partial charge in [-0.3, -0.25) is 14.3 Å². The van der Waals surface area contributed by atoms with Gasteiger partial charge in [-0.2, -0.15) is 0 Å². The fourth-order valence-corrected chi connectivity index (χ4v) is 3.17. The second kappa shape index (κ2) is 8.52. The third-order valence-electron chi connectivity index (χ3n) is 4.02. The molecule has 1 fully saturated rings. The van der Waals surface area contributed by atoms with E-state index in [4.69, 9.17) is 9.47 Å². The highest BCUT2D eigenvalue weighted by Gasteiger charge is 2.40. The number of nitrogens with one attached hydrogen (secondary N) is 1. The molecule has 1 N–H and O–H groups in total. The zero-order valence-corrected chi connectivity index (χ0v) is 16.3. The zero-order chi connectivity index (χ0) is 20.3. The number of aromatic nitrogens is 2. The van der Waals surface area contributed by atoms with Crippen LogP contribution in [0.4, 0.5) is 0 Å². The number of halogens is 1. The van der Waals surface area contributed by atoms with Gasteiger partial charge in [0, 0.05) is 12.6 Å². The molecule has 1 aliphatic heterocycles. The molecule has 0 saturated carbocycles. The molecule has 1 aliphatic rings. The predicted molar refractivity (Wildman–Crippen MR) is 101 cm³/mol. The Hall–Kier alpha value is -2.74. The summed E-state index contributed by atoms with van der Waals surface area (Å²) in [6.07, 6.45) is -1.72. The summed E-state index contributed by atoms with van der Waals surface area (Å²) in [6.45, 7) is -0.308. The normalized spacial score (nSPS) is 21.2. The summed E-state index contributed by atoms with van der Waals surface area (Å²) >= 11 is 1.75.